The molecule has 0 saturated carbocycles. The summed E-state index contributed by atoms with van der Waals surface area (Å²) in [7, 11) is 4.32. The summed E-state index contributed by atoms with van der Waals surface area (Å²) >= 11 is 12.1. The highest BCUT2D eigenvalue weighted by molar-refractivity contribution is 6.39. The van der Waals surface area contributed by atoms with E-state index in [-0.39, 0.29) is 40.9 Å². The van der Waals surface area contributed by atoms with Crippen molar-refractivity contribution in [2.75, 3.05) is 46.3 Å². The molecule has 0 bridgehead atoms. The van der Waals surface area contributed by atoms with Gasteiger partial charge in [-0.05, 0) is 31.2 Å². The molecule has 9 nitrogen and oxygen atoms in total. The van der Waals surface area contributed by atoms with Crippen LogP contribution in [0, 0.1) is 0 Å². The van der Waals surface area contributed by atoms with Crippen molar-refractivity contribution in [2.24, 2.45) is 0 Å². The molecule has 33 heavy (non-hydrogen) atoms. The number of likely N-dealkylation sites (N-methyl/N-ethyl adjacent to an activating group) is 1. The summed E-state index contributed by atoms with van der Waals surface area (Å²) < 4.78 is 15.7. The van der Waals surface area contributed by atoms with E-state index in [1.165, 1.54) is 38.4 Å². The SMILES string of the molecule is CCN(CC(=O)Nc1c(Cl)cccc1Cl)C(=O)CNC(=O)c1cc(OC)c(OC)c(OC)c1. The van der Waals surface area contributed by atoms with Crippen LogP contribution in [0.4, 0.5) is 5.69 Å². The summed E-state index contributed by atoms with van der Waals surface area (Å²) in [5.41, 5.74) is 0.483. The molecule has 0 spiro atoms. The van der Waals surface area contributed by atoms with Gasteiger partial charge in [0.1, 0.15) is 0 Å². The number of para-hydroxylation sites is 1. The predicted molar refractivity (Wildman–Crippen MR) is 126 cm³/mol. The van der Waals surface area contributed by atoms with Gasteiger partial charge in [0, 0.05) is 12.1 Å². The van der Waals surface area contributed by atoms with Gasteiger partial charge < -0.3 is 29.7 Å². The van der Waals surface area contributed by atoms with Crippen LogP contribution < -0.4 is 24.8 Å². The van der Waals surface area contributed by atoms with Crippen LogP contribution in [-0.2, 0) is 9.59 Å². The molecule has 0 fully saturated rings. The first-order valence-electron chi connectivity index (χ1n) is 9.85. The van der Waals surface area contributed by atoms with Crippen LogP contribution in [-0.4, -0.2) is 63.6 Å². The first-order valence-corrected chi connectivity index (χ1v) is 10.6. The number of carbonyl (C=O) groups excluding carboxylic acids is 3. The maximum atomic E-state index is 12.6. The molecule has 0 aromatic heterocycles. The number of rotatable bonds is 10. The molecule has 0 heterocycles. The van der Waals surface area contributed by atoms with Crippen LogP contribution in [0.5, 0.6) is 17.2 Å². The van der Waals surface area contributed by atoms with E-state index < -0.39 is 17.7 Å². The Balaban J connectivity index is 2.02. The summed E-state index contributed by atoms with van der Waals surface area (Å²) in [6.07, 6.45) is 0. The Morgan fingerprint density at radius 2 is 1.55 bits per heavy atom. The van der Waals surface area contributed by atoms with Gasteiger partial charge in [0.2, 0.25) is 17.6 Å². The normalized spacial score (nSPS) is 10.2. The fraction of sp³-hybridized carbons (Fsp3) is 0.318. The molecule has 0 radical (unpaired) electrons. The molecule has 0 unspecified atom stereocenters. The lowest BCUT2D eigenvalue weighted by molar-refractivity contribution is -0.133. The molecule has 11 heteroatoms. The van der Waals surface area contributed by atoms with Crippen LogP contribution in [0.25, 0.3) is 0 Å². The Hall–Kier alpha value is -3.17. The average Bonchev–Trinajstić information content (AvgIpc) is 2.81. The molecule has 0 saturated heterocycles. The zero-order valence-electron chi connectivity index (χ0n) is 18.7. The van der Waals surface area contributed by atoms with E-state index in [1.807, 2.05) is 0 Å². The Labute approximate surface area is 201 Å². The summed E-state index contributed by atoms with van der Waals surface area (Å²) in [6, 6.07) is 7.77. The van der Waals surface area contributed by atoms with Gasteiger partial charge >= 0.3 is 0 Å². The molecule has 178 valence electrons. The number of carbonyl (C=O) groups is 3. The van der Waals surface area contributed by atoms with Gasteiger partial charge in [0.25, 0.3) is 5.91 Å². The number of hydrogen-bond donors (Lipinski definition) is 2. The van der Waals surface area contributed by atoms with Crippen LogP contribution in [0.1, 0.15) is 17.3 Å². The van der Waals surface area contributed by atoms with Crippen LogP contribution in [0.15, 0.2) is 30.3 Å². The van der Waals surface area contributed by atoms with Crippen molar-refractivity contribution in [1.29, 1.82) is 0 Å². The first-order chi connectivity index (χ1) is 15.7. The Kier molecular flexibility index (Phi) is 9.62. The topological polar surface area (TPSA) is 106 Å². The minimum atomic E-state index is -0.522. The highest BCUT2D eigenvalue weighted by atomic mass is 35.5. The van der Waals surface area contributed by atoms with E-state index in [4.69, 9.17) is 37.4 Å². The predicted octanol–water partition coefficient (Wildman–Crippen LogP) is 3.24. The lowest BCUT2D eigenvalue weighted by atomic mass is 10.1. The molecule has 2 rings (SSSR count). The summed E-state index contributed by atoms with van der Waals surface area (Å²) in [5.74, 6) is -0.493. The number of amides is 3. The van der Waals surface area contributed by atoms with Crippen molar-refractivity contribution in [3.05, 3.63) is 45.9 Å². The van der Waals surface area contributed by atoms with E-state index in [0.717, 1.165) is 0 Å². The van der Waals surface area contributed by atoms with Crippen molar-refractivity contribution in [3.63, 3.8) is 0 Å². The molecule has 0 aliphatic rings. The number of methoxy groups -OCH3 is 3. The molecule has 3 amide bonds. The number of hydrogen-bond acceptors (Lipinski definition) is 6. The van der Waals surface area contributed by atoms with Crippen LogP contribution >= 0.6 is 23.2 Å². The molecule has 0 atom stereocenters. The molecule has 2 aromatic rings. The molecular weight excluding hydrogens is 473 g/mol. The van der Waals surface area contributed by atoms with E-state index >= 15 is 0 Å². The average molecular weight is 498 g/mol. The third kappa shape index (κ3) is 6.66. The Bertz CT molecular complexity index is 986. The first kappa shape index (κ1) is 26.1. The molecule has 2 N–H and O–H groups in total. The highest BCUT2D eigenvalue weighted by Gasteiger charge is 2.20. The van der Waals surface area contributed by atoms with Crippen molar-refractivity contribution in [2.45, 2.75) is 6.92 Å². The van der Waals surface area contributed by atoms with Gasteiger partial charge in [-0.1, -0.05) is 29.3 Å². The monoisotopic (exact) mass is 497 g/mol. The highest BCUT2D eigenvalue weighted by Crippen LogP contribution is 2.38. The molecular formula is C22H25Cl2N3O6. The quantitative estimate of drug-likeness (QED) is 0.521. The smallest absolute Gasteiger partial charge is 0.251 e. The minimum Gasteiger partial charge on any atom is -0.493 e. The number of anilines is 1. The van der Waals surface area contributed by atoms with E-state index in [1.54, 1.807) is 25.1 Å². The standard InChI is InChI=1S/C22H25Cl2N3O6/c1-5-27(12-18(28)26-20-14(23)7-6-8-15(20)24)19(29)11-25-22(30)13-9-16(31-2)21(33-4)17(10-13)32-3/h6-10H,5,11-12H2,1-4H3,(H,25,30)(H,26,28). The van der Waals surface area contributed by atoms with Crippen molar-refractivity contribution >= 4 is 46.6 Å². The van der Waals surface area contributed by atoms with E-state index in [0.29, 0.717) is 17.2 Å². The fourth-order valence-electron chi connectivity index (χ4n) is 2.93. The second-order valence-electron chi connectivity index (χ2n) is 6.65. The minimum absolute atomic E-state index is 0.214. The summed E-state index contributed by atoms with van der Waals surface area (Å²) in [5, 5.41) is 5.70. The number of ether oxygens (including phenoxy) is 3. The lowest BCUT2D eigenvalue weighted by Gasteiger charge is -2.21. The Morgan fingerprint density at radius 1 is 0.970 bits per heavy atom. The van der Waals surface area contributed by atoms with Gasteiger partial charge in [0.05, 0.1) is 50.2 Å². The van der Waals surface area contributed by atoms with E-state index in [9.17, 15) is 14.4 Å². The number of benzene rings is 2. The zero-order valence-corrected chi connectivity index (χ0v) is 20.2. The molecule has 0 aliphatic heterocycles. The third-order valence-corrected chi connectivity index (χ3v) is 5.25. The summed E-state index contributed by atoms with van der Waals surface area (Å²) in [4.78, 5) is 38.9. The summed E-state index contributed by atoms with van der Waals surface area (Å²) in [6.45, 7) is 1.41. The second kappa shape index (κ2) is 12.2. The van der Waals surface area contributed by atoms with Crippen LogP contribution in [0.3, 0.4) is 0 Å². The lowest BCUT2D eigenvalue weighted by Crippen LogP contribution is -2.43. The number of halogens is 2. The molecule has 0 aliphatic carbocycles. The third-order valence-electron chi connectivity index (χ3n) is 4.62. The zero-order chi connectivity index (χ0) is 24.5. The van der Waals surface area contributed by atoms with Crippen LogP contribution in [0.2, 0.25) is 10.0 Å². The Morgan fingerprint density at radius 3 is 2.03 bits per heavy atom. The van der Waals surface area contributed by atoms with Gasteiger partial charge in [-0.2, -0.15) is 0 Å². The van der Waals surface area contributed by atoms with Crippen molar-refractivity contribution in [3.8, 4) is 17.2 Å². The number of nitrogens with one attached hydrogen (secondary N) is 2. The number of nitrogens with zero attached hydrogens (tertiary/aromatic N) is 1. The van der Waals surface area contributed by atoms with Gasteiger partial charge in [-0.3, -0.25) is 14.4 Å². The van der Waals surface area contributed by atoms with Crippen molar-refractivity contribution in [1.82, 2.24) is 10.2 Å². The second-order valence-corrected chi connectivity index (χ2v) is 7.46. The maximum Gasteiger partial charge on any atom is 0.251 e. The largest absolute Gasteiger partial charge is 0.493 e. The fourth-order valence-corrected chi connectivity index (χ4v) is 3.42. The molecule has 2 aromatic carbocycles. The van der Waals surface area contributed by atoms with Gasteiger partial charge in [0.15, 0.2) is 11.5 Å². The maximum absolute atomic E-state index is 12.6. The van der Waals surface area contributed by atoms with Gasteiger partial charge in [-0.25, -0.2) is 0 Å². The van der Waals surface area contributed by atoms with Crippen molar-refractivity contribution < 1.29 is 28.6 Å². The van der Waals surface area contributed by atoms with Gasteiger partial charge in [-0.15, -0.1) is 0 Å². The van der Waals surface area contributed by atoms with E-state index in [2.05, 4.69) is 10.6 Å².